The molecule has 2 fully saturated rings. The number of nitrogens with zero attached hydrogens (tertiary/aromatic N) is 2. The van der Waals surface area contributed by atoms with E-state index in [1.165, 1.54) is 18.2 Å². The summed E-state index contributed by atoms with van der Waals surface area (Å²) in [5.41, 5.74) is 0.741. The molecule has 8 nitrogen and oxygen atoms in total. The zero-order valence-corrected chi connectivity index (χ0v) is 17.5. The number of nitrogens with one attached hydrogen (secondary N) is 1. The number of carbonyl (C=O) groups is 3. The first-order valence-electron chi connectivity index (χ1n) is 10.2. The summed E-state index contributed by atoms with van der Waals surface area (Å²) >= 11 is 0. The van der Waals surface area contributed by atoms with Gasteiger partial charge in [0.25, 0.3) is 11.8 Å². The number of rotatable bonds is 5. The van der Waals surface area contributed by atoms with Crippen molar-refractivity contribution in [1.29, 1.82) is 0 Å². The SMILES string of the molecule is CCOc1cccc(N2C(=O)NC(=O)/C(=C\c3ccc(N4CCOCC4)c(F)c3)C2=O)c1. The highest BCUT2D eigenvalue weighted by molar-refractivity contribution is 6.39. The van der Waals surface area contributed by atoms with Crippen molar-refractivity contribution in [1.82, 2.24) is 5.32 Å². The Hall–Kier alpha value is -3.72. The number of urea groups is 1. The van der Waals surface area contributed by atoms with Gasteiger partial charge in [-0.3, -0.25) is 14.9 Å². The van der Waals surface area contributed by atoms with E-state index >= 15 is 0 Å². The molecule has 0 bridgehead atoms. The van der Waals surface area contributed by atoms with Crippen molar-refractivity contribution in [2.75, 3.05) is 42.7 Å². The van der Waals surface area contributed by atoms with Crippen LogP contribution in [-0.4, -0.2) is 50.8 Å². The van der Waals surface area contributed by atoms with E-state index in [1.54, 1.807) is 30.3 Å². The summed E-state index contributed by atoms with van der Waals surface area (Å²) < 4.78 is 25.4. The molecule has 0 spiro atoms. The average molecular weight is 439 g/mol. The Kier molecular flexibility index (Phi) is 6.18. The molecule has 32 heavy (non-hydrogen) atoms. The van der Waals surface area contributed by atoms with Gasteiger partial charge in [0.1, 0.15) is 17.1 Å². The number of anilines is 2. The van der Waals surface area contributed by atoms with Crippen LogP contribution in [0.5, 0.6) is 5.75 Å². The van der Waals surface area contributed by atoms with E-state index in [9.17, 15) is 18.8 Å². The highest BCUT2D eigenvalue weighted by Crippen LogP contribution is 2.27. The van der Waals surface area contributed by atoms with Crippen LogP contribution in [0.1, 0.15) is 12.5 Å². The number of halogens is 1. The van der Waals surface area contributed by atoms with E-state index in [4.69, 9.17) is 9.47 Å². The van der Waals surface area contributed by atoms with E-state index in [0.29, 0.717) is 49.9 Å². The minimum atomic E-state index is -0.861. The van der Waals surface area contributed by atoms with E-state index in [-0.39, 0.29) is 11.3 Å². The maximum Gasteiger partial charge on any atom is 0.335 e. The van der Waals surface area contributed by atoms with Crippen LogP contribution in [0.25, 0.3) is 6.08 Å². The molecule has 4 rings (SSSR count). The molecule has 1 N–H and O–H groups in total. The molecule has 2 aromatic carbocycles. The lowest BCUT2D eigenvalue weighted by Crippen LogP contribution is -2.54. The molecule has 2 saturated heterocycles. The third-order valence-corrected chi connectivity index (χ3v) is 5.12. The molecule has 0 aliphatic carbocycles. The molecule has 0 atom stereocenters. The number of carbonyl (C=O) groups excluding carboxylic acids is 3. The first kappa shape index (κ1) is 21.5. The fourth-order valence-corrected chi connectivity index (χ4v) is 3.61. The smallest absolute Gasteiger partial charge is 0.335 e. The number of benzene rings is 2. The normalized spacial score (nSPS) is 18.2. The molecular weight excluding hydrogens is 417 g/mol. The van der Waals surface area contributed by atoms with Crippen LogP contribution in [-0.2, 0) is 14.3 Å². The zero-order valence-electron chi connectivity index (χ0n) is 17.5. The summed E-state index contributed by atoms with van der Waals surface area (Å²) in [5, 5.41) is 2.16. The van der Waals surface area contributed by atoms with Gasteiger partial charge in [0.15, 0.2) is 0 Å². The quantitative estimate of drug-likeness (QED) is 0.569. The first-order chi connectivity index (χ1) is 15.5. The first-order valence-corrected chi connectivity index (χ1v) is 10.2. The third-order valence-electron chi connectivity index (χ3n) is 5.12. The summed E-state index contributed by atoms with van der Waals surface area (Å²) in [6.07, 6.45) is 1.27. The molecule has 2 aliphatic rings. The molecule has 4 amide bonds. The van der Waals surface area contributed by atoms with Gasteiger partial charge in [-0.15, -0.1) is 0 Å². The molecule has 2 aromatic rings. The van der Waals surface area contributed by atoms with Gasteiger partial charge in [-0.05, 0) is 42.8 Å². The number of imide groups is 2. The second-order valence-corrected chi connectivity index (χ2v) is 7.20. The second kappa shape index (κ2) is 9.19. The van der Waals surface area contributed by atoms with E-state index in [2.05, 4.69) is 5.32 Å². The Labute approximate surface area is 184 Å². The molecule has 2 heterocycles. The predicted molar refractivity (Wildman–Crippen MR) is 116 cm³/mol. The summed E-state index contributed by atoms with van der Waals surface area (Å²) in [7, 11) is 0. The van der Waals surface area contributed by atoms with Crippen LogP contribution in [0.3, 0.4) is 0 Å². The molecule has 166 valence electrons. The average Bonchev–Trinajstić information content (AvgIpc) is 2.78. The van der Waals surface area contributed by atoms with Crippen molar-refractivity contribution in [2.45, 2.75) is 6.92 Å². The number of ether oxygens (including phenoxy) is 2. The number of morpholine rings is 1. The maximum absolute atomic E-state index is 14.7. The van der Waals surface area contributed by atoms with Crippen molar-refractivity contribution >= 4 is 35.3 Å². The predicted octanol–water partition coefficient (Wildman–Crippen LogP) is 2.73. The van der Waals surface area contributed by atoms with Crippen molar-refractivity contribution in [3.63, 3.8) is 0 Å². The molecule has 0 unspecified atom stereocenters. The highest BCUT2D eigenvalue weighted by Gasteiger charge is 2.37. The van der Waals surface area contributed by atoms with Gasteiger partial charge in [-0.1, -0.05) is 12.1 Å². The minimum Gasteiger partial charge on any atom is -0.494 e. The van der Waals surface area contributed by atoms with E-state index in [1.807, 2.05) is 11.8 Å². The lowest BCUT2D eigenvalue weighted by molar-refractivity contribution is -0.122. The fourth-order valence-electron chi connectivity index (χ4n) is 3.61. The van der Waals surface area contributed by atoms with Gasteiger partial charge >= 0.3 is 6.03 Å². The molecule has 0 radical (unpaired) electrons. The Morgan fingerprint density at radius 1 is 1.12 bits per heavy atom. The molecule has 0 saturated carbocycles. The van der Waals surface area contributed by atoms with Crippen LogP contribution in [0.2, 0.25) is 0 Å². The van der Waals surface area contributed by atoms with Gasteiger partial charge in [-0.2, -0.15) is 0 Å². The van der Waals surface area contributed by atoms with Gasteiger partial charge in [0, 0.05) is 19.2 Å². The number of hydrogen-bond acceptors (Lipinski definition) is 6. The maximum atomic E-state index is 14.7. The molecular formula is C23H22FN3O5. The van der Waals surface area contributed by atoms with E-state index < -0.39 is 23.7 Å². The van der Waals surface area contributed by atoms with Crippen LogP contribution in [0.15, 0.2) is 48.0 Å². The van der Waals surface area contributed by atoms with Crippen molar-refractivity contribution < 1.29 is 28.2 Å². The molecule has 0 aromatic heterocycles. The van der Waals surface area contributed by atoms with Crippen molar-refractivity contribution in [3.05, 3.63) is 59.4 Å². The monoisotopic (exact) mass is 439 g/mol. The van der Waals surface area contributed by atoms with Gasteiger partial charge < -0.3 is 14.4 Å². The topological polar surface area (TPSA) is 88.2 Å². The zero-order chi connectivity index (χ0) is 22.7. The summed E-state index contributed by atoms with van der Waals surface area (Å²) in [6.45, 7) is 4.43. The fraction of sp³-hybridized carbons (Fsp3) is 0.261. The van der Waals surface area contributed by atoms with Crippen molar-refractivity contribution in [3.8, 4) is 5.75 Å². The number of amides is 4. The molecule has 9 heteroatoms. The Bertz CT molecular complexity index is 1090. The summed E-state index contributed by atoms with van der Waals surface area (Å²) in [4.78, 5) is 40.5. The van der Waals surface area contributed by atoms with Crippen LogP contribution < -0.4 is 19.9 Å². The van der Waals surface area contributed by atoms with Gasteiger partial charge in [0.05, 0.1) is 31.2 Å². The number of barbiturate groups is 1. The standard InChI is InChI=1S/C23H22FN3O5/c1-2-32-17-5-3-4-16(14-17)27-22(29)18(21(28)25-23(27)30)12-15-6-7-20(19(24)13-15)26-8-10-31-11-9-26/h3-7,12-14H,2,8-11H2,1H3,(H,25,28,30)/b18-12+. The highest BCUT2D eigenvalue weighted by atomic mass is 19.1. The number of hydrogen-bond donors (Lipinski definition) is 1. The lowest BCUT2D eigenvalue weighted by atomic mass is 10.1. The lowest BCUT2D eigenvalue weighted by Gasteiger charge is -2.29. The van der Waals surface area contributed by atoms with Crippen LogP contribution in [0, 0.1) is 5.82 Å². The summed E-state index contributed by atoms with van der Waals surface area (Å²) in [6, 6.07) is 10.1. The largest absolute Gasteiger partial charge is 0.494 e. The Morgan fingerprint density at radius 3 is 2.62 bits per heavy atom. The Balaban J connectivity index is 1.63. The van der Waals surface area contributed by atoms with Crippen LogP contribution in [0.4, 0.5) is 20.6 Å². The summed E-state index contributed by atoms with van der Waals surface area (Å²) in [5.74, 6) is -1.63. The molecule has 2 aliphatic heterocycles. The van der Waals surface area contributed by atoms with Crippen LogP contribution >= 0.6 is 0 Å². The van der Waals surface area contributed by atoms with E-state index in [0.717, 1.165) is 4.90 Å². The van der Waals surface area contributed by atoms with Gasteiger partial charge in [0.2, 0.25) is 0 Å². The van der Waals surface area contributed by atoms with Crippen molar-refractivity contribution in [2.24, 2.45) is 0 Å². The minimum absolute atomic E-state index is 0.255. The Morgan fingerprint density at radius 2 is 1.91 bits per heavy atom. The van der Waals surface area contributed by atoms with Gasteiger partial charge in [-0.25, -0.2) is 14.1 Å². The third kappa shape index (κ3) is 4.33. The second-order valence-electron chi connectivity index (χ2n) is 7.20.